The van der Waals surface area contributed by atoms with Crippen molar-refractivity contribution >= 4 is 29.5 Å². The maximum Gasteiger partial charge on any atom is 0.308 e. The number of anilines is 3. The van der Waals surface area contributed by atoms with Crippen LogP contribution in [0, 0.1) is 11.7 Å². The highest BCUT2D eigenvalue weighted by Crippen LogP contribution is 2.29. The van der Waals surface area contributed by atoms with Gasteiger partial charge in [0.15, 0.2) is 0 Å². The van der Waals surface area contributed by atoms with Gasteiger partial charge in [0.1, 0.15) is 12.1 Å². The quantitative estimate of drug-likeness (QED) is 0.524. The van der Waals surface area contributed by atoms with E-state index in [0.717, 1.165) is 30.6 Å². The normalized spacial score (nSPS) is 17.5. The summed E-state index contributed by atoms with van der Waals surface area (Å²) in [5.41, 5.74) is 6.16. The van der Waals surface area contributed by atoms with Gasteiger partial charge in [0.25, 0.3) is 11.8 Å². The number of nitrogens with two attached hydrogens (primary N) is 1. The molecule has 0 unspecified atom stereocenters. The summed E-state index contributed by atoms with van der Waals surface area (Å²) in [6.07, 6.45) is 5.42. The molecule has 0 spiro atoms. The molecule has 1 amide bonds. The van der Waals surface area contributed by atoms with Crippen molar-refractivity contribution < 1.29 is 27.8 Å². The minimum absolute atomic E-state index is 0.0351. The van der Waals surface area contributed by atoms with E-state index in [9.17, 15) is 14.0 Å². The lowest BCUT2D eigenvalue weighted by Gasteiger charge is -2.31. The molecule has 0 atom stereocenters. The number of carbonyl (C=O) groups is 2. The fourth-order valence-corrected chi connectivity index (χ4v) is 3.87. The topological polar surface area (TPSA) is 123 Å². The molecule has 4 rings (SSSR count). The lowest BCUT2D eigenvalue weighted by molar-refractivity contribution is -0.148. The number of aromatic nitrogens is 1. The third-order valence-corrected chi connectivity index (χ3v) is 5.63. The summed E-state index contributed by atoms with van der Waals surface area (Å²) in [6, 6.07) is 4.61. The summed E-state index contributed by atoms with van der Waals surface area (Å²) < 4.78 is 30.5. The molecule has 0 saturated carbocycles. The fraction of sp³-hybridized carbons (Fsp3) is 0.500. The minimum Gasteiger partial charge on any atom is -0.369 e. The smallest absolute Gasteiger partial charge is 0.308 e. The second kappa shape index (κ2) is 9.19. The molecule has 11 heteroatoms. The van der Waals surface area contributed by atoms with Crippen molar-refractivity contribution in [3.05, 3.63) is 29.8 Å². The van der Waals surface area contributed by atoms with Crippen LogP contribution in [0.2, 0.25) is 0 Å². The Labute approximate surface area is 177 Å². The Morgan fingerprint density at radius 3 is 2.55 bits per heavy atom. The number of amides is 1. The van der Waals surface area contributed by atoms with Gasteiger partial charge in [-0.05, 0) is 50.3 Å². The number of nitrogens with one attached hydrogen (secondary N) is 1. The average Bonchev–Trinajstić information content (AvgIpc) is 2.80. The molecule has 10 nitrogen and oxygen atoms in total. The predicted octanol–water partition coefficient (Wildman–Crippen LogP) is 2.91. The van der Waals surface area contributed by atoms with Crippen molar-refractivity contribution in [2.45, 2.75) is 32.1 Å². The highest BCUT2D eigenvalue weighted by atomic mass is 19.1. The van der Waals surface area contributed by atoms with Crippen LogP contribution in [0.15, 0.2) is 32.0 Å². The monoisotopic (exact) mass is 435 g/mol. The molecule has 2 aliphatic heterocycles. The second-order valence-electron chi connectivity index (χ2n) is 7.78. The Balaban J connectivity index is 1.54. The van der Waals surface area contributed by atoms with E-state index >= 15 is 0 Å². The summed E-state index contributed by atoms with van der Waals surface area (Å²) >= 11 is 0. The van der Waals surface area contributed by atoms with Gasteiger partial charge in [0, 0.05) is 37.8 Å². The van der Waals surface area contributed by atoms with Crippen LogP contribution < -0.4 is 21.0 Å². The molecule has 168 valence electrons. The zero-order valence-electron chi connectivity index (χ0n) is 17.1. The number of hydrogen-bond acceptors (Lipinski definition) is 8. The number of carbonyl (C=O) groups excluding carboxylic acids is 2. The molecule has 0 aliphatic carbocycles. The first-order valence-corrected chi connectivity index (χ1v) is 10.4. The van der Waals surface area contributed by atoms with Crippen molar-refractivity contribution in [2.75, 3.05) is 41.4 Å². The van der Waals surface area contributed by atoms with Crippen molar-refractivity contribution in [2.24, 2.45) is 11.7 Å². The third kappa shape index (κ3) is 4.70. The Kier molecular flexibility index (Phi) is 6.19. The van der Waals surface area contributed by atoms with Gasteiger partial charge in [-0.25, -0.2) is 4.39 Å². The van der Waals surface area contributed by atoms with E-state index in [4.69, 9.17) is 19.5 Å². The van der Waals surface area contributed by atoms with Gasteiger partial charge < -0.3 is 25.3 Å². The molecule has 2 aromatic rings. The van der Waals surface area contributed by atoms with Gasteiger partial charge in [-0.1, -0.05) is 0 Å². The predicted molar refractivity (Wildman–Crippen MR) is 110 cm³/mol. The maximum absolute atomic E-state index is 14.8. The van der Waals surface area contributed by atoms with E-state index in [0.29, 0.717) is 50.4 Å². The van der Waals surface area contributed by atoms with Crippen LogP contribution in [-0.2, 0) is 4.79 Å². The molecule has 2 saturated heterocycles. The first kappa shape index (κ1) is 20.9. The fourth-order valence-electron chi connectivity index (χ4n) is 3.87. The van der Waals surface area contributed by atoms with E-state index in [-0.39, 0.29) is 17.6 Å². The van der Waals surface area contributed by atoms with E-state index in [1.54, 1.807) is 17.1 Å². The molecular weight excluding hydrogens is 409 g/mol. The standard InChI is InChI=1S/C20H26FN5O5/c21-16-12-15(4-5-17(16)24-10-6-14(13-27)7-11-24)23-20-18(19(22)28)30-31-26(29-20)25-8-2-1-3-9-25/h4-5,12-14,23H,1-3,6-11H2,(H2,22,28). The van der Waals surface area contributed by atoms with Crippen LogP contribution in [0.1, 0.15) is 42.7 Å². The molecule has 0 bridgehead atoms. The number of halogens is 1. The van der Waals surface area contributed by atoms with Gasteiger partial charge in [-0.15, -0.1) is 4.68 Å². The molecule has 2 aliphatic rings. The molecule has 2 fully saturated rings. The van der Waals surface area contributed by atoms with E-state index in [2.05, 4.69) is 5.32 Å². The first-order valence-electron chi connectivity index (χ1n) is 10.4. The van der Waals surface area contributed by atoms with Crippen LogP contribution in [0.5, 0.6) is 0 Å². The highest BCUT2D eigenvalue weighted by molar-refractivity contribution is 5.94. The van der Waals surface area contributed by atoms with Crippen LogP contribution in [0.3, 0.4) is 0 Å². The van der Waals surface area contributed by atoms with Gasteiger partial charge >= 0.3 is 5.76 Å². The molecule has 3 heterocycles. The lowest BCUT2D eigenvalue weighted by Crippen LogP contribution is -2.39. The Bertz CT molecular complexity index is 961. The molecule has 1 aromatic carbocycles. The van der Waals surface area contributed by atoms with Crippen molar-refractivity contribution in [3.8, 4) is 0 Å². The maximum atomic E-state index is 14.8. The second-order valence-corrected chi connectivity index (χ2v) is 7.78. The molecular formula is C20H26FN5O5. The average molecular weight is 435 g/mol. The summed E-state index contributed by atoms with van der Waals surface area (Å²) in [5, 5.41) is 5.69. The summed E-state index contributed by atoms with van der Waals surface area (Å²) in [6.45, 7) is 2.63. The number of benzene rings is 1. The molecule has 31 heavy (non-hydrogen) atoms. The van der Waals surface area contributed by atoms with E-state index < -0.39 is 11.7 Å². The van der Waals surface area contributed by atoms with E-state index in [1.807, 2.05) is 4.90 Å². The van der Waals surface area contributed by atoms with Gasteiger partial charge in [-0.3, -0.25) is 14.4 Å². The lowest BCUT2D eigenvalue weighted by atomic mass is 9.98. The number of primary amides is 1. The molecule has 1 aromatic heterocycles. The van der Waals surface area contributed by atoms with Crippen molar-refractivity contribution in [1.29, 1.82) is 0 Å². The SMILES string of the molecule is NC(=O)c1oon(N2CCCCC2)oc1Nc1ccc(N2CCC(C=O)CC2)c(F)c1. The van der Waals surface area contributed by atoms with Crippen LogP contribution >= 0.6 is 0 Å². The van der Waals surface area contributed by atoms with Gasteiger partial charge in [-0.2, -0.15) is 0 Å². The van der Waals surface area contributed by atoms with Crippen LogP contribution in [0.4, 0.5) is 21.6 Å². The van der Waals surface area contributed by atoms with Gasteiger partial charge in [0.05, 0.1) is 10.7 Å². The Morgan fingerprint density at radius 2 is 1.90 bits per heavy atom. The first-order chi connectivity index (χ1) is 15.0. The largest absolute Gasteiger partial charge is 0.369 e. The summed E-state index contributed by atoms with van der Waals surface area (Å²) in [4.78, 5) is 24.6. The zero-order chi connectivity index (χ0) is 21.8. The number of rotatable bonds is 6. The van der Waals surface area contributed by atoms with Crippen molar-refractivity contribution in [3.63, 3.8) is 0 Å². The highest BCUT2D eigenvalue weighted by Gasteiger charge is 2.23. The van der Waals surface area contributed by atoms with Crippen molar-refractivity contribution in [1.82, 2.24) is 5.02 Å². The Hall–Kier alpha value is -3.37. The zero-order valence-corrected chi connectivity index (χ0v) is 17.1. The van der Waals surface area contributed by atoms with Crippen LogP contribution in [-0.4, -0.2) is 43.4 Å². The number of hydrogen-bond donors (Lipinski definition) is 2. The number of nitrogens with zero attached hydrogens (tertiary/aromatic N) is 3. The van der Waals surface area contributed by atoms with E-state index in [1.165, 1.54) is 6.07 Å². The summed E-state index contributed by atoms with van der Waals surface area (Å²) in [5.74, 6) is -1.74. The Morgan fingerprint density at radius 1 is 1.16 bits per heavy atom. The molecule has 3 N–H and O–H groups in total. The van der Waals surface area contributed by atoms with Gasteiger partial charge in [0.2, 0.25) is 0 Å². The summed E-state index contributed by atoms with van der Waals surface area (Å²) in [7, 11) is 0. The number of aldehydes is 1. The third-order valence-electron chi connectivity index (χ3n) is 5.63. The minimum atomic E-state index is -0.893. The number of piperidine rings is 2. The molecule has 0 radical (unpaired) electrons. The van der Waals surface area contributed by atoms with Crippen LogP contribution in [0.25, 0.3) is 0 Å².